The van der Waals surface area contributed by atoms with Gasteiger partial charge in [-0.3, -0.25) is 4.79 Å². The van der Waals surface area contributed by atoms with Crippen LogP contribution in [0.25, 0.3) is 0 Å². The molecule has 1 fully saturated rings. The molecule has 2 aliphatic rings. The molecule has 0 aliphatic carbocycles. The van der Waals surface area contributed by atoms with Gasteiger partial charge in [0.2, 0.25) is 0 Å². The molecule has 3 aromatic carbocycles. The van der Waals surface area contributed by atoms with Crippen LogP contribution in [0.1, 0.15) is 40.5 Å². The van der Waals surface area contributed by atoms with E-state index in [1.165, 1.54) is 0 Å². The van der Waals surface area contributed by atoms with Gasteiger partial charge in [0.05, 0.1) is 16.9 Å². The molecule has 0 radical (unpaired) electrons. The van der Waals surface area contributed by atoms with Gasteiger partial charge in [-0.25, -0.2) is 0 Å². The second kappa shape index (κ2) is 8.89. The number of anilines is 2. The number of nitrogens with one attached hydrogen (secondary N) is 1. The van der Waals surface area contributed by atoms with Crippen LogP contribution in [0.15, 0.2) is 78.9 Å². The van der Waals surface area contributed by atoms with E-state index in [1.54, 1.807) is 0 Å². The molecule has 0 saturated carbocycles. The third kappa shape index (κ3) is 4.32. The summed E-state index contributed by atoms with van der Waals surface area (Å²) >= 11 is 0. The van der Waals surface area contributed by atoms with Crippen molar-refractivity contribution in [2.45, 2.75) is 24.6 Å². The van der Waals surface area contributed by atoms with Gasteiger partial charge in [-0.1, -0.05) is 54.6 Å². The summed E-state index contributed by atoms with van der Waals surface area (Å²) in [5.74, 6) is -0.0606. The average molecular weight is 443 g/mol. The summed E-state index contributed by atoms with van der Waals surface area (Å²) in [5, 5.41) is 14.3. The first-order chi connectivity index (χ1) is 16.0. The van der Waals surface area contributed by atoms with Crippen LogP contribution in [-0.4, -0.2) is 42.1 Å². The molecule has 0 spiro atoms. The van der Waals surface area contributed by atoms with E-state index in [9.17, 15) is 9.90 Å². The second-order valence-corrected chi connectivity index (χ2v) is 8.99. The first-order valence-electron chi connectivity index (χ1n) is 11.6. The molecule has 0 aromatic heterocycles. The van der Waals surface area contributed by atoms with E-state index in [0.717, 1.165) is 43.0 Å². The molecule has 2 heterocycles. The second-order valence-electron chi connectivity index (χ2n) is 8.99. The normalized spacial score (nSPS) is 20.2. The first kappa shape index (κ1) is 21.5. The Morgan fingerprint density at radius 1 is 0.909 bits per heavy atom. The van der Waals surface area contributed by atoms with Crippen LogP contribution >= 0.6 is 0 Å². The summed E-state index contributed by atoms with van der Waals surface area (Å²) in [6, 6.07) is 25.4. The minimum absolute atomic E-state index is 0.0606. The minimum Gasteiger partial charge on any atom is -0.399 e. The van der Waals surface area contributed by atoms with Crippen molar-refractivity contribution in [3.05, 3.63) is 95.6 Å². The molecule has 3 aromatic rings. The molecule has 5 rings (SSSR count). The summed E-state index contributed by atoms with van der Waals surface area (Å²) < 4.78 is 0. The van der Waals surface area contributed by atoms with Gasteiger partial charge in [0.15, 0.2) is 0 Å². The summed E-state index contributed by atoms with van der Waals surface area (Å²) in [4.78, 5) is 17.5. The van der Waals surface area contributed by atoms with Crippen LogP contribution in [0.2, 0.25) is 0 Å². The van der Waals surface area contributed by atoms with Crippen molar-refractivity contribution >= 4 is 17.3 Å². The Morgan fingerprint density at radius 2 is 1.58 bits per heavy atom. The maximum Gasteiger partial charge on any atom is 0.255 e. The van der Waals surface area contributed by atoms with Crippen molar-refractivity contribution in [1.29, 1.82) is 0 Å². The van der Waals surface area contributed by atoms with Crippen molar-refractivity contribution in [1.82, 2.24) is 10.2 Å². The monoisotopic (exact) mass is 442 g/mol. The first-order valence-corrected chi connectivity index (χ1v) is 11.6. The summed E-state index contributed by atoms with van der Waals surface area (Å²) in [7, 11) is 0. The van der Waals surface area contributed by atoms with Crippen LogP contribution < -0.4 is 16.0 Å². The lowest BCUT2D eigenvalue weighted by molar-refractivity contribution is -0.0253. The van der Waals surface area contributed by atoms with Crippen molar-refractivity contribution in [3.63, 3.8) is 0 Å². The number of aliphatic hydroxyl groups is 1. The number of para-hydroxylation sites is 1. The molecule has 2 aliphatic heterocycles. The van der Waals surface area contributed by atoms with Crippen molar-refractivity contribution in [2.75, 3.05) is 36.8 Å². The fraction of sp³-hybridized carbons (Fsp3) is 0.296. The molecule has 6 nitrogen and oxygen atoms in total. The van der Waals surface area contributed by atoms with E-state index < -0.39 is 5.60 Å². The number of carbonyl (C=O) groups excluding carboxylic acids is 1. The molecular weight excluding hydrogens is 412 g/mol. The maximum atomic E-state index is 12.8. The van der Waals surface area contributed by atoms with Crippen LogP contribution in [0.5, 0.6) is 0 Å². The van der Waals surface area contributed by atoms with Gasteiger partial charge in [0.25, 0.3) is 5.91 Å². The zero-order valence-electron chi connectivity index (χ0n) is 18.7. The van der Waals surface area contributed by atoms with Crippen molar-refractivity contribution < 1.29 is 9.90 Å². The number of likely N-dealkylation sites (tertiary alicyclic amines) is 1. The topological polar surface area (TPSA) is 81.8 Å². The highest BCUT2D eigenvalue weighted by Crippen LogP contribution is 2.35. The number of hydrogen-bond donors (Lipinski definition) is 3. The van der Waals surface area contributed by atoms with Crippen molar-refractivity contribution in [2.24, 2.45) is 0 Å². The molecule has 1 saturated heterocycles. The molecule has 1 atom stereocenters. The molecule has 6 heteroatoms. The third-order valence-corrected chi connectivity index (χ3v) is 6.94. The maximum absolute atomic E-state index is 12.8. The highest BCUT2D eigenvalue weighted by molar-refractivity contribution is 6.02. The molecule has 170 valence electrons. The van der Waals surface area contributed by atoms with Gasteiger partial charge in [0.1, 0.15) is 6.17 Å². The number of benzene rings is 3. The molecular formula is C27H30N4O2. The Kier molecular flexibility index (Phi) is 5.79. The Bertz CT molecular complexity index is 1110. The predicted octanol–water partition coefficient (Wildman–Crippen LogP) is 3.50. The summed E-state index contributed by atoms with van der Waals surface area (Å²) in [5.41, 5.74) is 9.48. The number of nitrogen functional groups attached to an aromatic ring is 1. The fourth-order valence-corrected chi connectivity index (χ4v) is 4.96. The lowest BCUT2D eigenvalue weighted by Crippen LogP contribution is -2.50. The molecule has 0 bridgehead atoms. The lowest BCUT2D eigenvalue weighted by atomic mass is 9.84. The molecule has 33 heavy (non-hydrogen) atoms. The van der Waals surface area contributed by atoms with Crippen molar-refractivity contribution in [3.8, 4) is 0 Å². The number of amides is 1. The number of nitrogens with two attached hydrogens (primary N) is 1. The van der Waals surface area contributed by atoms with E-state index >= 15 is 0 Å². The SMILES string of the molecule is Nc1ccc(C2NC(=O)c3ccccc3N2CCN2CCC(O)(c3ccccc3)CC2)cc1. The molecule has 1 unspecified atom stereocenters. The minimum atomic E-state index is -0.754. The van der Waals surface area contributed by atoms with E-state index in [1.807, 2.05) is 78.9 Å². The zero-order chi connectivity index (χ0) is 22.8. The van der Waals surface area contributed by atoms with E-state index in [4.69, 9.17) is 5.73 Å². The van der Waals surface area contributed by atoms with Gasteiger partial charge in [0, 0.05) is 31.9 Å². The van der Waals surface area contributed by atoms with Gasteiger partial charge >= 0.3 is 0 Å². The fourth-order valence-electron chi connectivity index (χ4n) is 4.96. The standard InChI is InChI=1S/C27H30N4O2/c28-22-12-10-20(11-13-22)25-29-26(32)23-8-4-5-9-24(23)31(25)19-18-30-16-14-27(33,15-17-30)21-6-2-1-3-7-21/h1-13,25,33H,14-19,28H2,(H,29,32). The number of carbonyl (C=O) groups is 1. The third-order valence-electron chi connectivity index (χ3n) is 6.94. The van der Waals surface area contributed by atoms with Crippen LogP contribution in [0, 0.1) is 0 Å². The Balaban J connectivity index is 1.32. The molecule has 4 N–H and O–H groups in total. The Morgan fingerprint density at radius 3 is 2.30 bits per heavy atom. The van der Waals surface area contributed by atoms with E-state index in [-0.39, 0.29) is 12.1 Å². The van der Waals surface area contributed by atoms with Gasteiger partial charge in [-0.05, 0) is 48.2 Å². The number of rotatable bonds is 5. The summed E-state index contributed by atoms with van der Waals surface area (Å²) in [6.45, 7) is 3.27. The smallest absolute Gasteiger partial charge is 0.255 e. The Hall–Kier alpha value is -3.35. The summed E-state index contributed by atoms with van der Waals surface area (Å²) in [6.07, 6.45) is 1.18. The number of nitrogens with zero attached hydrogens (tertiary/aromatic N) is 2. The van der Waals surface area contributed by atoms with Gasteiger partial charge in [-0.2, -0.15) is 0 Å². The highest BCUT2D eigenvalue weighted by Gasteiger charge is 2.35. The number of hydrogen-bond acceptors (Lipinski definition) is 5. The molecule has 1 amide bonds. The quantitative estimate of drug-likeness (QED) is 0.527. The lowest BCUT2D eigenvalue weighted by Gasteiger charge is -2.42. The van der Waals surface area contributed by atoms with Gasteiger partial charge in [-0.15, -0.1) is 0 Å². The van der Waals surface area contributed by atoms with E-state index in [0.29, 0.717) is 24.1 Å². The van der Waals surface area contributed by atoms with Crippen LogP contribution in [0.3, 0.4) is 0 Å². The number of fused-ring (bicyclic) bond motifs is 1. The highest BCUT2D eigenvalue weighted by atomic mass is 16.3. The average Bonchev–Trinajstić information content (AvgIpc) is 2.86. The predicted molar refractivity (Wildman–Crippen MR) is 131 cm³/mol. The van der Waals surface area contributed by atoms with E-state index in [2.05, 4.69) is 15.1 Å². The number of piperidine rings is 1. The largest absolute Gasteiger partial charge is 0.399 e. The zero-order valence-corrected chi connectivity index (χ0v) is 18.7. The van der Waals surface area contributed by atoms with Crippen LogP contribution in [0.4, 0.5) is 11.4 Å². The Labute approximate surface area is 194 Å². The van der Waals surface area contributed by atoms with Gasteiger partial charge < -0.3 is 26.0 Å². The van der Waals surface area contributed by atoms with Crippen LogP contribution in [-0.2, 0) is 5.60 Å².